The zero-order chi connectivity index (χ0) is 17.8. The highest BCUT2D eigenvalue weighted by molar-refractivity contribution is 6.30. The minimum atomic E-state index is -0.305. The van der Waals surface area contributed by atoms with Gasteiger partial charge in [-0.3, -0.25) is 9.59 Å². The van der Waals surface area contributed by atoms with Gasteiger partial charge in [0.05, 0.1) is 0 Å². The number of carbonyl (C=O) groups is 2. The van der Waals surface area contributed by atoms with Crippen LogP contribution < -0.4 is 10.2 Å². The van der Waals surface area contributed by atoms with Gasteiger partial charge >= 0.3 is 0 Å². The van der Waals surface area contributed by atoms with E-state index in [1.807, 2.05) is 11.8 Å². The monoisotopic (exact) mass is 359 g/mol. The zero-order valence-electron chi connectivity index (χ0n) is 13.8. The van der Waals surface area contributed by atoms with E-state index in [1.165, 1.54) is 6.33 Å². The zero-order valence-corrected chi connectivity index (χ0v) is 14.5. The number of aryl methyl sites for hydroxylation is 1. The third-order valence-electron chi connectivity index (χ3n) is 4.11. The van der Waals surface area contributed by atoms with Gasteiger partial charge < -0.3 is 15.1 Å². The molecule has 1 fully saturated rings. The van der Waals surface area contributed by atoms with E-state index in [0.29, 0.717) is 42.7 Å². The maximum absolute atomic E-state index is 12.5. The first-order valence-corrected chi connectivity index (χ1v) is 8.28. The summed E-state index contributed by atoms with van der Waals surface area (Å²) in [6, 6.07) is 6.94. The van der Waals surface area contributed by atoms with Crippen LogP contribution in [-0.4, -0.2) is 53.4 Å². The molecule has 1 aliphatic rings. The molecule has 0 bridgehead atoms. The second-order valence-corrected chi connectivity index (χ2v) is 6.24. The van der Waals surface area contributed by atoms with Crippen LogP contribution in [0.4, 0.5) is 11.5 Å². The van der Waals surface area contributed by atoms with E-state index in [4.69, 9.17) is 11.6 Å². The van der Waals surface area contributed by atoms with Crippen molar-refractivity contribution in [2.45, 2.75) is 6.92 Å². The van der Waals surface area contributed by atoms with Crippen LogP contribution in [0.25, 0.3) is 0 Å². The molecular formula is C17H18ClN5O2. The lowest BCUT2D eigenvalue weighted by Crippen LogP contribution is -2.46. The summed E-state index contributed by atoms with van der Waals surface area (Å²) in [6.07, 6.45) is 2.23. The Morgan fingerprint density at radius 3 is 2.64 bits per heavy atom. The Balaban J connectivity index is 1.72. The smallest absolute Gasteiger partial charge is 0.274 e. The Bertz CT molecular complexity index is 790. The molecule has 0 unspecified atom stereocenters. The SMILES string of the molecule is Cc1cc(Cl)ccc1NC(=O)c1cc(N2CCN(C=O)CC2)ncn1. The molecule has 25 heavy (non-hydrogen) atoms. The Labute approximate surface area is 150 Å². The summed E-state index contributed by atoms with van der Waals surface area (Å²) in [6.45, 7) is 4.50. The van der Waals surface area contributed by atoms with Crippen molar-refractivity contribution in [1.29, 1.82) is 0 Å². The number of carbonyl (C=O) groups excluding carboxylic acids is 2. The van der Waals surface area contributed by atoms with E-state index >= 15 is 0 Å². The first-order chi connectivity index (χ1) is 12.1. The van der Waals surface area contributed by atoms with Gasteiger partial charge in [0.2, 0.25) is 6.41 Å². The van der Waals surface area contributed by atoms with Crippen molar-refractivity contribution >= 4 is 35.4 Å². The molecular weight excluding hydrogens is 342 g/mol. The Morgan fingerprint density at radius 2 is 1.96 bits per heavy atom. The van der Waals surface area contributed by atoms with Crippen LogP contribution in [0.3, 0.4) is 0 Å². The number of rotatable bonds is 4. The first kappa shape index (κ1) is 17.2. The molecule has 0 atom stereocenters. The van der Waals surface area contributed by atoms with E-state index in [1.54, 1.807) is 29.2 Å². The number of anilines is 2. The summed E-state index contributed by atoms with van der Waals surface area (Å²) in [4.78, 5) is 35.3. The van der Waals surface area contributed by atoms with Gasteiger partial charge in [-0.05, 0) is 30.7 Å². The summed E-state index contributed by atoms with van der Waals surface area (Å²) < 4.78 is 0. The normalized spacial score (nSPS) is 14.3. The van der Waals surface area contributed by atoms with Crippen LogP contribution in [-0.2, 0) is 4.79 Å². The molecule has 8 heteroatoms. The Hall–Kier alpha value is -2.67. The summed E-state index contributed by atoms with van der Waals surface area (Å²) in [5, 5.41) is 3.46. The van der Waals surface area contributed by atoms with Crippen LogP contribution in [0.2, 0.25) is 5.02 Å². The molecule has 1 saturated heterocycles. The maximum Gasteiger partial charge on any atom is 0.274 e. The predicted molar refractivity (Wildman–Crippen MR) is 96.0 cm³/mol. The largest absolute Gasteiger partial charge is 0.353 e. The van der Waals surface area contributed by atoms with Crippen LogP contribution in [0.1, 0.15) is 16.1 Å². The summed E-state index contributed by atoms with van der Waals surface area (Å²) in [5.41, 5.74) is 1.85. The minimum Gasteiger partial charge on any atom is -0.353 e. The highest BCUT2D eigenvalue weighted by Gasteiger charge is 2.18. The van der Waals surface area contributed by atoms with E-state index in [-0.39, 0.29) is 11.6 Å². The van der Waals surface area contributed by atoms with Gasteiger partial charge in [-0.25, -0.2) is 9.97 Å². The van der Waals surface area contributed by atoms with Gasteiger partial charge in [0.25, 0.3) is 5.91 Å². The molecule has 0 radical (unpaired) electrons. The maximum atomic E-state index is 12.5. The number of hydrogen-bond donors (Lipinski definition) is 1. The summed E-state index contributed by atoms with van der Waals surface area (Å²) in [7, 11) is 0. The van der Waals surface area contributed by atoms with Gasteiger partial charge in [0.15, 0.2) is 0 Å². The number of halogens is 1. The molecule has 1 aliphatic heterocycles. The molecule has 1 aromatic carbocycles. The number of aromatic nitrogens is 2. The Kier molecular flexibility index (Phi) is 5.14. The quantitative estimate of drug-likeness (QED) is 0.844. The van der Waals surface area contributed by atoms with Gasteiger partial charge in [-0.2, -0.15) is 0 Å². The molecule has 2 heterocycles. The van der Waals surface area contributed by atoms with Gasteiger partial charge in [-0.15, -0.1) is 0 Å². The van der Waals surface area contributed by atoms with E-state index in [9.17, 15) is 9.59 Å². The van der Waals surface area contributed by atoms with Gasteiger partial charge in [-0.1, -0.05) is 11.6 Å². The van der Waals surface area contributed by atoms with Crippen molar-refractivity contribution in [2.24, 2.45) is 0 Å². The third kappa shape index (κ3) is 4.06. The molecule has 3 rings (SSSR count). The third-order valence-corrected chi connectivity index (χ3v) is 4.34. The number of nitrogens with zero attached hydrogens (tertiary/aromatic N) is 4. The first-order valence-electron chi connectivity index (χ1n) is 7.90. The van der Waals surface area contributed by atoms with Crippen molar-refractivity contribution in [3.8, 4) is 0 Å². The lowest BCUT2D eigenvalue weighted by Gasteiger charge is -2.33. The van der Waals surface area contributed by atoms with Crippen molar-refractivity contribution < 1.29 is 9.59 Å². The number of piperazine rings is 1. The topological polar surface area (TPSA) is 78.4 Å². The minimum absolute atomic E-state index is 0.289. The fourth-order valence-corrected chi connectivity index (χ4v) is 2.88. The van der Waals surface area contributed by atoms with E-state index < -0.39 is 0 Å². The molecule has 0 saturated carbocycles. The fourth-order valence-electron chi connectivity index (χ4n) is 2.65. The molecule has 0 spiro atoms. The Morgan fingerprint density at radius 1 is 1.20 bits per heavy atom. The number of amides is 2. The predicted octanol–water partition coefficient (Wildman–Crippen LogP) is 1.97. The summed E-state index contributed by atoms with van der Waals surface area (Å²) >= 11 is 5.93. The van der Waals surface area contributed by atoms with Gasteiger partial charge in [0.1, 0.15) is 17.8 Å². The van der Waals surface area contributed by atoms with E-state index in [0.717, 1.165) is 12.0 Å². The van der Waals surface area contributed by atoms with E-state index in [2.05, 4.69) is 15.3 Å². The lowest BCUT2D eigenvalue weighted by molar-refractivity contribution is -0.118. The van der Waals surface area contributed by atoms with Gasteiger partial charge in [0, 0.05) is 43.0 Å². The second kappa shape index (κ2) is 7.48. The van der Waals surface area contributed by atoms with Crippen LogP contribution >= 0.6 is 11.6 Å². The van der Waals surface area contributed by atoms with Crippen molar-refractivity contribution in [3.63, 3.8) is 0 Å². The molecule has 1 N–H and O–H groups in total. The number of hydrogen-bond acceptors (Lipinski definition) is 5. The number of benzene rings is 1. The van der Waals surface area contributed by atoms with Crippen LogP contribution in [0.5, 0.6) is 0 Å². The molecule has 7 nitrogen and oxygen atoms in total. The molecule has 2 amide bonds. The summed E-state index contributed by atoms with van der Waals surface area (Å²) in [5.74, 6) is 0.374. The second-order valence-electron chi connectivity index (χ2n) is 5.80. The molecule has 0 aliphatic carbocycles. The molecule has 1 aromatic heterocycles. The van der Waals surface area contributed by atoms with Crippen molar-refractivity contribution in [3.05, 3.63) is 46.9 Å². The average Bonchev–Trinajstić information content (AvgIpc) is 2.64. The lowest BCUT2D eigenvalue weighted by atomic mass is 10.2. The standard InChI is InChI=1S/C17H18ClN5O2/c1-12-8-13(18)2-3-14(12)21-17(25)15-9-16(20-10-19-15)23-6-4-22(11-24)5-7-23/h2-3,8-11H,4-7H2,1H3,(H,21,25). The number of nitrogens with one attached hydrogen (secondary N) is 1. The van der Waals surface area contributed by atoms with Crippen LogP contribution in [0, 0.1) is 6.92 Å². The van der Waals surface area contributed by atoms with Crippen LogP contribution in [0.15, 0.2) is 30.6 Å². The molecule has 2 aromatic rings. The average molecular weight is 360 g/mol. The molecule has 130 valence electrons. The fraction of sp³-hybridized carbons (Fsp3) is 0.294. The van der Waals surface area contributed by atoms with Crippen molar-refractivity contribution in [2.75, 3.05) is 36.4 Å². The van der Waals surface area contributed by atoms with Crippen molar-refractivity contribution in [1.82, 2.24) is 14.9 Å². The highest BCUT2D eigenvalue weighted by atomic mass is 35.5. The highest BCUT2D eigenvalue weighted by Crippen LogP contribution is 2.20.